The normalized spacial score (nSPS) is 14.9. The third-order valence-corrected chi connectivity index (χ3v) is 8.17. The van der Waals surface area contributed by atoms with Gasteiger partial charge in [0.25, 0.3) is 0 Å². The quantitative estimate of drug-likeness (QED) is 0.128. The smallest absolute Gasteiger partial charge is 0.493 e. The number of carbonyl (C=O) groups is 4. The van der Waals surface area contributed by atoms with Crippen molar-refractivity contribution >= 4 is 24.1 Å². The number of hydrogen-bond donors (Lipinski definition) is 3. The average Bonchev–Trinajstić information content (AvgIpc) is 3.19. The van der Waals surface area contributed by atoms with Gasteiger partial charge in [-0.25, -0.2) is 19.2 Å². The molecule has 0 amide bonds. The summed E-state index contributed by atoms with van der Waals surface area (Å²) >= 11 is 0. The monoisotopic (exact) mass is 758 g/mol. The van der Waals surface area contributed by atoms with E-state index in [0.29, 0.717) is 36.8 Å². The van der Waals surface area contributed by atoms with Crippen LogP contribution in [0.3, 0.4) is 0 Å². The van der Waals surface area contributed by atoms with Crippen molar-refractivity contribution in [3.05, 3.63) is 83.4 Å². The van der Waals surface area contributed by atoms with Gasteiger partial charge in [0.05, 0.1) is 45.5 Å². The van der Waals surface area contributed by atoms with Gasteiger partial charge in [-0.3, -0.25) is 0 Å². The topological polar surface area (TPSA) is 211 Å². The van der Waals surface area contributed by atoms with Gasteiger partial charge in [0.15, 0.2) is 23.0 Å². The molecule has 0 spiro atoms. The Balaban J connectivity index is 0.000000497. The van der Waals surface area contributed by atoms with Crippen LogP contribution in [0.5, 0.6) is 23.0 Å². The molecule has 0 radical (unpaired) electrons. The number of carbonyl (C=O) groups excluding carboxylic acids is 1. The van der Waals surface area contributed by atoms with E-state index in [0.717, 1.165) is 12.0 Å². The predicted octanol–water partition coefficient (Wildman–Crippen LogP) is 5.54. The van der Waals surface area contributed by atoms with Crippen LogP contribution in [0.15, 0.2) is 66.7 Å². The zero-order valence-electron chi connectivity index (χ0n) is 36.4. The van der Waals surface area contributed by atoms with Crippen LogP contribution in [0, 0.1) is 17.2 Å². The van der Waals surface area contributed by atoms with E-state index < -0.39 is 61.3 Å². The molecule has 3 rings (SSSR count). The Morgan fingerprint density at radius 2 is 1.33 bits per heavy atom. The number of aliphatic carboxylic acids is 2. The summed E-state index contributed by atoms with van der Waals surface area (Å²) in [5, 5.41) is 36.5. The lowest BCUT2D eigenvalue weighted by Gasteiger charge is -2.32. The highest BCUT2D eigenvalue weighted by molar-refractivity contribution is 5.93. The summed E-state index contributed by atoms with van der Waals surface area (Å²) in [6, 6.07) is 19.7. The molecule has 3 atom stereocenters. The van der Waals surface area contributed by atoms with Gasteiger partial charge in [-0.1, -0.05) is 44.0 Å². The van der Waals surface area contributed by atoms with Gasteiger partial charge in [0.2, 0.25) is 12.2 Å². The Hall–Kier alpha value is -6.01. The van der Waals surface area contributed by atoms with Crippen molar-refractivity contribution in [2.24, 2.45) is 5.92 Å². The summed E-state index contributed by atoms with van der Waals surface area (Å²) in [5.41, 5.74) is -0.516. The second-order valence-corrected chi connectivity index (χ2v) is 11.6. The van der Waals surface area contributed by atoms with Gasteiger partial charge < -0.3 is 48.6 Å². The first-order valence-corrected chi connectivity index (χ1v) is 16.2. The second kappa shape index (κ2) is 21.5. The van der Waals surface area contributed by atoms with Crippen molar-refractivity contribution in [2.45, 2.75) is 50.6 Å². The summed E-state index contributed by atoms with van der Waals surface area (Å²) in [4.78, 5) is 46.0. The molecule has 0 bridgehead atoms. The van der Waals surface area contributed by atoms with Crippen molar-refractivity contribution in [3.8, 4) is 29.1 Å². The van der Waals surface area contributed by atoms with E-state index in [-0.39, 0.29) is 23.3 Å². The summed E-state index contributed by atoms with van der Waals surface area (Å²) in [7, 11) is 7.97. The molecule has 15 heteroatoms. The first-order valence-electron chi connectivity index (χ1n) is 19.2. The lowest BCUT2D eigenvalue weighted by atomic mass is 9.69. The van der Waals surface area contributed by atoms with Crippen molar-refractivity contribution < 1.29 is 71.1 Å². The molecule has 0 aliphatic heterocycles. The van der Waals surface area contributed by atoms with Gasteiger partial charge >= 0.3 is 24.1 Å². The summed E-state index contributed by atoms with van der Waals surface area (Å²) in [5.74, 6) is -4.80. The number of nitrogens with zero attached hydrogens (tertiary/aromatic N) is 2. The van der Waals surface area contributed by atoms with Crippen LogP contribution in [0.1, 0.15) is 56.3 Å². The molecule has 54 heavy (non-hydrogen) atoms. The number of carboxylic acid groups (broad SMARTS) is 3. The third kappa shape index (κ3) is 12.3. The van der Waals surface area contributed by atoms with Crippen LogP contribution in [-0.2, 0) is 30.9 Å². The minimum Gasteiger partial charge on any atom is -0.493 e. The lowest BCUT2D eigenvalue weighted by molar-refractivity contribution is -0.167. The zero-order valence-corrected chi connectivity index (χ0v) is 30.4. The number of benzene rings is 3. The van der Waals surface area contributed by atoms with Crippen LogP contribution in [-0.4, -0.2) is 105 Å². The minimum atomic E-state index is -2.91. The predicted molar refractivity (Wildman–Crippen MR) is 195 cm³/mol. The highest BCUT2D eigenvalue weighted by Gasteiger charge is 2.41. The van der Waals surface area contributed by atoms with Crippen molar-refractivity contribution in [3.63, 3.8) is 0 Å². The van der Waals surface area contributed by atoms with Crippen LogP contribution in [0.4, 0.5) is 4.79 Å². The molecule has 3 N–H and O–H groups in total. The number of rotatable bonds is 19. The Kier molecular flexibility index (Phi) is 14.0. The molecule has 0 unspecified atom stereocenters. The number of methoxy groups -OCH3 is 4. The number of carboxylic acids is 2. The van der Waals surface area contributed by atoms with Gasteiger partial charge in [-0.05, 0) is 86.3 Å². The van der Waals surface area contributed by atoms with Crippen molar-refractivity contribution in [2.75, 3.05) is 48.6 Å². The summed E-state index contributed by atoms with van der Waals surface area (Å²) in [6.45, 7) is -4.60. The fourth-order valence-corrected chi connectivity index (χ4v) is 5.20. The molecule has 3 aromatic carbocycles. The highest BCUT2D eigenvalue weighted by Crippen LogP contribution is 2.40. The third-order valence-electron chi connectivity index (χ3n) is 8.17. The molecule has 0 saturated carbocycles. The fraction of sp³-hybridized carbons (Fsp3) is 0.410. The standard InChI is InChI=1S/C27H38N2O4.C12H10O9/c1-20(2)27(19-28,22-10-12-24(31-5)26(18-22)33-7)14-8-15-29(3)16-13-21-9-11-23(30-4)25(17-21)32-6;13-9(14)7(8(10(15)16)21-12(18)19)20-11(17)6-4-2-1-3-5-6/h9-12,17-18,20H,8,13-16H2,1-7H3;1-5,7-8H,(H,13,14)(H,15,16)(H,18,19)/t27-;7-,8-/m10/s1/i1D3,2D3;. The van der Waals surface area contributed by atoms with Crippen molar-refractivity contribution in [1.29, 1.82) is 5.26 Å². The number of nitriles is 1. The van der Waals surface area contributed by atoms with E-state index in [1.54, 1.807) is 32.4 Å². The Morgan fingerprint density at radius 3 is 1.85 bits per heavy atom. The van der Waals surface area contributed by atoms with Crippen LogP contribution in [0.25, 0.3) is 0 Å². The molecular weight excluding hydrogens is 704 g/mol. The van der Waals surface area contributed by atoms with E-state index in [2.05, 4.69) is 20.4 Å². The highest BCUT2D eigenvalue weighted by atomic mass is 16.7. The van der Waals surface area contributed by atoms with E-state index in [1.165, 1.54) is 44.6 Å². The van der Waals surface area contributed by atoms with E-state index in [9.17, 15) is 24.4 Å². The lowest BCUT2D eigenvalue weighted by Crippen LogP contribution is -2.45. The Bertz CT molecular complexity index is 1940. The maximum Gasteiger partial charge on any atom is 0.506 e. The molecule has 0 heterocycles. The van der Waals surface area contributed by atoms with Gasteiger partial charge in [-0.15, -0.1) is 0 Å². The van der Waals surface area contributed by atoms with Crippen LogP contribution < -0.4 is 18.9 Å². The van der Waals surface area contributed by atoms with Crippen molar-refractivity contribution in [1.82, 2.24) is 4.90 Å². The fourth-order valence-electron chi connectivity index (χ4n) is 5.20. The first kappa shape index (κ1) is 35.0. The zero-order chi connectivity index (χ0) is 45.4. The molecule has 0 saturated heterocycles. The summed E-state index contributed by atoms with van der Waals surface area (Å²) < 4.78 is 78.4. The minimum absolute atomic E-state index is 0.0248. The largest absolute Gasteiger partial charge is 0.506 e. The molecule has 0 aliphatic rings. The maximum absolute atomic E-state index is 11.7. The molecule has 0 fully saturated rings. The number of hydrogen-bond acceptors (Lipinski definition) is 12. The van der Waals surface area contributed by atoms with Gasteiger partial charge in [-0.2, -0.15) is 5.26 Å². The molecule has 3 aromatic rings. The Labute approximate surface area is 323 Å². The number of ether oxygens (including phenoxy) is 6. The average molecular weight is 759 g/mol. The SMILES string of the molecule is O=C(O)O[C@H](C(=O)O)[C@H](OC(=O)c1ccccc1)C(=O)O.[2H]C([2H])([2H])C(C([2H])([2H])[2H])[C@](C#N)(CCCN(C)CCc1ccc(OC)c(OC)c1)c1ccc(OC)c(OC)c1. The van der Waals surface area contributed by atoms with Gasteiger partial charge in [0.1, 0.15) is 0 Å². The van der Waals surface area contributed by atoms with E-state index >= 15 is 0 Å². The molecule has 0 aromatic heterocycles. The van der Waals surface area contributed by atoms with Crippen LogP contribution >= 0.6 is 0 Å². The van der Waals surface area contributed by atoms with Gasteiger partial charge in [0, 0.05) is 14.8 Å². The number of esters is 1. The van der Waals surface area contributed by atoms with E-state index in [4.69, 9.17) is 42.5 Å². The molecule has 15 nitrogen and oxygen atoms in total. The van der Waals surface area contributed by atoms with Crippen LogP contribution in [0.2, 0.25) is 0 Å². The molecule has 0 aliphatic carbocycles. The Morgan fingerprint density at radius 1 is 0.778 bits per heavy atom. The number of likely N-dealkylation sites (N-methyl/N-ethyl adjacent to an activating group) is 1. The molecule has 292 valence electrons. The second-order valence-electron chi connectivity index (χ2n) is 11.6. The summed E-state index contributed by atoms with van der Waals surface area (Å²) in [6.07, 6.45) is -5.56. The first-order chi connectivity index (χ1) is 28.1. The maximum atomic E-state index is 11.7. The van der Waals surface area contributed by atoms with E-state index in [1.807, 2.05) is 25.2 Å². The molecular formula is C39H48N2O13.